The summed E-state index contributed by atoms with van der Waals surface area (Å²) in [5, 5.41) is 0. The molecular formula is C16H19FO. The predicted molar refractivity (Wildman–Crippen MR) is 71.7 cm³/mol. The molecule has 1 atom stereocenters. The number of hydrogen-bond acceptors (Lipinski definition) is 1. The first-order valence-corrected chi connectivity index (χ1v) is 6.40. The van der Waals surface area contributed by atoms with E-state index in [0.717, 1.165) is 12.0 Å². The Kier molecular flexibility index (Phi) is 3.65. The second-order valence-electron chi connectivity index (χ2n) is 5.92. The minimum Gasteiger partial charge on any atom is -0.300 e. The maximum absolute atomic E-state index is 14.2. The summed E-state index contributed by atoms with van der Waals surface area (Å²) in [5.41, 5.74) is 0.771. The van der Waals surface area contributed by atoms with Crippen molar-refractivity contribution in [1.29, 1.82) is 0 Å². The zero-order valence-electron chi connectivity index (χ0n) is 10.9. The third kappa shape index (κ3) is 3.28. The molecule has 0 saturated heterocycles. The van der Waals surface area contributed by atoms with Crippen LogP contribution in [0.15, 0.2) is 36.2 Å². The van der Waals surface area contributed by atoms with Gasteiger partial charge in [-0.15, -0.1) is 0 Å². The van der Waals surface area contributed by atoms with Crippen LogP contribution < -0.4 is 0 Å². The molecule has 1 aromatic rings. The number of allylic oxidation sites excluding steroid dienone is 1. The quantitative estimate of drug-likeness (QED) is 0.756. The summed E-state index contributed by atoms with van der Waals surface area (Å²) in [6, 6.07) is 9.41. The monoisotopic (exact) mass is 246 g/mol. The van der Waals surface area contributed by atoms with E-state index in [1.54, 1.807) is 6.08 Å². The average Bonchev–Trinajstić information content (AvgIpc) is 2.27. The number of hydrogen-bond donors (Lipinski definition) is 0. The Morgan fingerprint density at radius 2 is 2.00 bits per heavy atom. The van der Waals surface area contributed by atoms with Gasteiger partial charge in [0.05, 0.1) is 0 Å². The summed E-state index contributed by atoms with van der Waals surface area (Å²) in [6.45, 7) is 4.07. The van der Waals surface area contributed by atoms with Crippen LogP contribution in [0.4, 0.5) is 4.39 Å². The molecule has 1 fully saturated rings. The molecule has 0 amide bonds. The number of benzene rings is 1. The van der Waals surface area contributed by atoms with Gasteiger partial charge in [0.25, 0.3) is 0 Å². The van der Waals surface area contributed by atoms with Crippen molar-refractivity contribution in [3.8, 4) is 0 Å². The average molecular weight is 246 g/mol. The van der Waals surface area contributed by atoms with Crippen LogP contribution in [0, 0.1) is 11.3 Å². The Morgan fingerprint density at radius 3 is 2.61 bits per heavy atom. The molecule has 1 nitrogen and oxygen atoms in total. The van der Waals surface area contributed by atoms with Gasteiger partial charge in [0.1, 0.15) is 11.6 Å². The molecule has 2 heteroatoms. The lowest BCUT2D eigenvalue weighted by molar-refractivity contribution is -0.124. The van der Waals surface area contributed by atoms with Crippen molar-refractivity contribution >= 4 is 11.9 Å². The molecule has 0 unspecified atom stereocenters. The van der Waals surface area contributed by atoms with E-state index in [-0.39, 0.29) is 22.9 Å². The van der Waals surface area contributed by atoms with E-state index < -0.39 is 0 Å². The molecule has 0 spiro atoms. The van der Waals surface area contributed by atoms with E-state index in [4.69, 9.17) is 0 Å². The predicted octanol–water partition coefficient (Wildman–Crippen LogP) is 4.39. The van der Waals surface area contributed by atoms with Crippen molar-refractivity contribution < 1.29 is 9.18 Å². The molecule has 18 heavy (non-hydrogen) atoms. The fourth-order valence-corrected chi connectivity index (χ4v) is 2.71. The molecule has 1 aromatic carbocycles. The molecular weight excluding hydrogens is 227 g/mol. The maximum atomic E-state index is 14.2. The largest absolute Gasteiger partial charge is 0.300 e. The van der Waals surface area contributed by atoms with Crippen molar-refractivity contribution in [2.24, 2.45) is 11.3 Å². The van der Waals surface area contributed by atoms with Gasteiger partial charge in [-0.3, -0.25) is 4.79 Å². The summed E-state index contributed by atoms with van der Waals surface area (Å²) in [4.78, 5) is 11.7. The third-order valence-corrected chi connectivity index (χ3v) is 3.44. The number of ketones is 1. The van der Waals surface area contributed by atoms with Crippen molar-refractivity contribution in [3.63, 3.8) is 0 Å². The summed E-state index contributed by atoms with van der Waals surface area (Å²) < 4.78 is 14.2. The second-order valence-corrected chi connectivity index (χ2v) is 5.92. The molecule has 1 aliphatic carbocycles. The first-order valence-electron chi connectivity index (χ1n) is 6.40. The van der Waals surface area contributed by atoms with E-state index in [2.05, 4.69) is 0 Å². The zero-order chi connectivity index (χ0) is 13.2. The highest BCUT2D eigenvalue weighted by Crippen LogP contribution is 2.40. The van der Waals surface area contributed by atoms with Gasteiger partial charge in [-0.05, 0) is 23.5 Å². The lowest BCUT2D eigenvalue weighted by Gasteiger charge is -2.33. The smallest absolute Gasteiger partial charge is 0.134 e. The van der Waals surface area contributed by atoms with E-state index >= 15 is 0 Å². The molecule has 0 aromatic heterocycles. The first kappa shape index (κ1) is 13.0. The zero-order valence-corrected chi connectivity index (χ0v) is 10.9. The summed E-state index contributed by atoms with van der Waals surface area (Å²) in [7, 11) is 0. The highest BCUT2D eigenvalue weighted by atomic mass is 19.1. The molecule has 0 radical (unpaired) electrons. The van der Waals surface area contributed by atoms with Crippen LogP contribution in [0.2, 0.25) is 0 Å². The molecule has 0 bridgehead atoms. The lowest BCUT2D eigenvalue weighted by Crippen LogP contribution is -2.29. The van der Waals surface area contributed by atoms with Crippen LogP contribution >= 0.6 is 0 Å². The van der Waals surface area contributed by atoms with E-state index in [0.29, 0.717) is 12.8 Å². The Hall–Kier alpha value is -1.44. The minimum atomic E-state index is -0.249. The van der Waals surface area contributed by atoms with E-state index in [9.17, 15) is 9.18 Å². The third-order valence-electron chi connectivity index (χ3n) is 3.44. The van der Waals surface area contributed by atoms with Crippen LogP contribution in [0.5, 0.6) is 0 Å². The summed E-state index contributed by atoms with van der Waals surface area (Å²) in [6.07, 6.45) is 3.22. The van der Waals surface area contributed by atoms with Crippen LogP contribution in [-0.2, 0) is 4.79 Å². The SMILES string of the molecule is CC1(C)CC(=O)C[C@H](/C(F)=C/c2ccccc2)C1. The number of Topliss-reactive ketones (excluding diaryl/α,β-unsaturated/α-hetero) is 1. The first-order chi connectivity index (χ1) is 8.46. The van der Waals surface area contributed by atoms with Gasteiger partial charge in [0.2, 0.25) is 0 Å². The van der Waals surface area contributed by atoms with E-state index in [1.165, 1.54) is 0 Å². The van der Waals surface area contributed by atoms with Crippen LogP contribution in [0.1, 0.15) is 38.7 Å². The number of halogens is 1. The molecule has 0 aliphatic heterocycles. The van der Waals surface area contributed by atoms with Crippen molar-refractivity contribution in [2.45, 2.75) is 33.1 Å². The van der Waals surface area contributed by atoms with Crippen LogP contribution in [0.25, 0.3) is 6.08 Å². The molecule has 1 saturated carbocycles. The normalized spacial score (nSPS) is 24.1. The molecule has 2 rings (SSSR count). The van der Waals surface area contributed by atoms with Gasteiger partial charge in [0.15, 0.2) is 0 Å². The van der Waals surface area contributed by atoms with Crippen molar-refractivity contribution in [3.05, 3.63) is 41.7 Å². The van der Waals surface area contributed by atoms with Gasteiger partial charge in [-0.2, -0.15) is 0 Å². The summed E-state index contributed by atoms with van der Waals surface area (Å²) >= 11 is 0. The van der Waals surface area contributed by atoms with E-state index in [1.807, 2.05) is 44.2 Å². The Balaban J connectivity index is 2.16. The lowest BCUT2D eigenvalue weighted by atomic mass is 9.71. The number of rotatable bonds is 2. The Bertz CT molecular complexity index is 459. The van der Waals surface area contributed by atoms with Gasteiger partial charge >= 0.3 is 0 Å². The van der Waals surface area contributed by atoms with Gasteiger partial charge in [-0.1, -0.05) is 44.2 Å². The highest BCUT2D eigenvalue weighted by molar-refractivity contribution is 5.80. The van der Waals surface area contributed by atoms with Crippen LogP contribution in [-0.4, -0.2) is 5.78 Å². The van der Waals surface area contributed by atoms with Gasteiger partial charge in [0, 0.05) is 18.8 Å². The standard InChI is InChI=1S/C16H19FO/c1-16(2)10-13(9-14(18)11-16)15(17)8-12-6-4-3-5-7-12/h3-8,13H,9-11H2,1-2H3/b15-8-/t13-/m0/s1. The van der Waals surface area contributed by atoms with Crippen LogP contribution in [0.3, 0.4) is 0 Å². The second kappa shape index (κ2) is 5.05. The maximum Gasteiger partial charge on any atom is 0.134 e. The number of carbonyl (C=O) groups excluding carboxylic acids is 1. The molecule has 1 aliphatic rings. The minimum absolute atomic E-state index is 0.0815. The Labute approximate surface area is 108 Å². The fourth-order valence-electron chi connectivity index (χ4n) is 2.71. The van der Waals surface area contributed by atoms with Crippen molar-refractivity contribution in [1.82, 2.24) is 0 Å². The van der Waals surface area contributed by atoms with Gasteiger partial charge in [-0.25, -0.2) is 4.39 Å². The Morgan fingerprint density at radius 1 is 1.33 bits per heavy atom. The number of carbonyl (C=O) groups is 1. The van der Waals surface area contributed by atoms with Crippen molar-refractivity contribution in [2.75, 3.05) is 0 Å². The summed E-state index contributed by atoms with van der Waals surface area (Å²) in [5.74, 6) is -0.239. The molecule has 96 valence electrons. The highest BCUT2D eigenvalue weighted by Gasteiger charge is 2.34. The van der Waals surface area contributed by atoms with Gasteiger partial charge < -0.3 is 0 Å². The fraction of sp³-hybridized carbons (Fsp3) is 0.438. The molecule has 0 N–H and O–H groups in total. The molecule has 0 heterocycles. The topological polar surface area (TPSA) is 17.1 Å².